The third-order valence-electron chi connectivity index (χ3n) is 1.94. The number of rotatable bonds is 3. The number of aromatic nitrogens is 2. The van der Waals surface area contributed by atoms with Crippen molar-refractivity contribution < 1.29 is 9.63 Å². The summed E-state index contributed by atoms with van der Waals surface area (Å²) in [6.07, 6.45) is -0.411. The molecular weight excluding hydrogens is 194 g/mol. The Morgan fingerprint density at radius 2 is 2.07 bits per heavy atom. The average Bonchev–Trinajstić information content (AvgIpc) is 2.48. The van der Waals surface area contributed by atoms with Gasteiger partial charge in [-0.05, 0) is 12.1 Å². The summed E-state index contributed by atoms with van der Waals surface area (Å²) in [6.45, 7) is 8.25. The first-order valence-corrected chi connectivity index (χ1v) is 5.04. The van der Waals surface area contributed by atoms with Crippen LogP contribution in [0.4, 0.5) is 5.95 Å². The van der Waals surface area contributed by atoms with E-state index in [0.717, 1.165) is 0 Å². The highest BCUT2D eigenvalue weighted by Crippen LogP contribution is 2.21. The second kappa shape index (κ2) is 4.18. The molecule has 0 spiro atoms. The topological polar surface area (TPSA) is 62.4 Å². The summed E-state index contributed by atoms with van der Waals surface area (Å²) in [4.78, 5) is 6.04. The summed E-state index contributed by atoms with van der Waals surface area (Å²) in [7, 11) is 1.82. The summed E-state index contributed by atoms with van der Waals surface area (Å²) >= 11 is 0. The van der Waals surface area contributed by atoms with Gasteiger partial charge in [0.25, 0.3) is 5.95 Å². The molecule has 5 nitrogen and oxygen atoms in total. The highest BCUT2D eigenvalue weighted by molar-refractivity contribution is 5.26. The van der Waals surface area contributed by atoms with Crippen molar-refractivity contribution in [1.29, 1.82) is 0 Å². The van der Waals surface area contributed by atoms with Crippen LogP contribution >= 0.6 is 0 Å². The summed E-state index contributed by atoms with van der Waals surface area (Å²) in [5.41, 5.74) is -0.142. The maximum atomic E-state index is 9.22. The zero-order valence-electron chi connectivity index (χ0n) is 9.98. The molecule has 0 saturated carbocycles. The number of hydrogen-bond acceptors (Lipinski definition) is 5. The molecule has 1 aromatic rings. The third kappa shape index (κ3) is 3.20. The Hall–Kier alpha value is -1.10. The van der Waals surface area contributed by atoms with Crippen molar-refractivity contribution in [2.45, 2.75) is 39.2 Å². The minimum atomic E-state index is -0.411. The molecule has 0 aliphatic heterocycles. The minimum absolute atomic E-state index is 0.142. The zero-order chi connectivity index (χ0) is 11.6. The second-order valence-corrected chi connectivity index (χ2v) is 4.88. The fourth-order valence-electron chi connectivity index (χ4n) is 1.15. The van der Waals surface area contributed by atoms with Crippen LogP contribution in [0.3, 0.4) is 0 Å². The van der Waals surface area contributed by atoms with Gasteiger partial charge in [0.15, 0.2) is 0 Å². The number of hydrogen-bond donors (Lipinski definition) is 1. The van der Waals surface area contributed by atoms with Crippen LogP contribution in [-0.2, 0) is 5.41 Å². The molecule has 0 amide bonds. The van der Waals surface area contributed by atoms with E-state index in [9.17, 15) is 5.11 Å². The molecule has 15 heavy (non-hydrogen) atoms. The Balaban J connectivity index is 2.76. The highest BCUT2D eigenvalue weighted by atomic mass is 16.5. The minimum Gasteiger partial charge on any atom is -0.392 e. The Morgan fingerprint density at radius 1 is 1.47 bits per heavy atom. The first kappa shape index (κ1) is 12.0. The second-order valence-electron chi connectivity index (χ2n) is 4.88. The fourth-order valence-corrected chi connectivity index (χ4v) is 1.15. The van der Waals surface area contributed by atoms with Crippen LogP contribution in [-0.4, -0.2) is 34.9 Å². The first-order valence-electron chi connectivity index (χ1n) is 5.04. The van der Waals surface area contributed by atoms with E-state index in [1.807, 2.05) is 27.8 Å². The van der Waals surface area contributed by atoms with Crippen molar-refractivity contribution in [3.8, 4) is 0 Å². The van der Waals surface area contributed by atoms with E-state index in [1.165, 1.54) is 0 Å². The van der Waals surface area contributed by atoms with Crippen molar-refractivity contribution >= 4 is 5.95 Å². The Bertz CT molecular complexity index is 315. The third-order valence-corrected chi connectivity index (χ3v) is 1.94. The Kier molecular flexibility index (Phi) is 3.34. The maximum absolute atomic E-state index is 9.22. The summed E-state index contributed by atoms with van der Waals surface area (Å²) in [5.74, 6) is 1.12. The van der Waals surface area contributed by atoms with Gasteiger partial charge in [-0.1, -0.05) is 20.8 Å². The zero-order valence-corrected chi connectivity index (χ0v) is 9.98. The lowest BCUT2D eigenvalue weighted by Gasteiger charge is -2.15. The molecule has 0 saturated heterocycles. The standard InChI is InChI=1S/C10H19N3O2/c1-7(14)6-13(5)9-11-8(15-12-9)10(2,3)4/h7,14H,6H2,1-5H3/t7-/m0/s1. The van der Waals surface area contributed by atoms with Crippen LogP contribution < -0.4 is 4.90 Å². The van der Waals surface area contributed by atoms with Crippen LogP contribution in [0.2, 0.25) is 0 Å². The smallest absolute Gasteiger partial charge is 0.265 e. The molecule has 1 rings (SSSR count). The molecule has 0 fully saturated rings. The van der Waals surface area contributed by atoms with Crippen LogP contribution in [0, 0.1) is 0 Å². The van der Waals surface area contributed by atoms with Crippen molar-refractivity contribution in [2.24, 2.45) is 0 Å². The maximum Gasteiger partial charge on any atom is 0.265 e. The lowest BCUT2D eigenvalue weighted by molar-refractivity contribution is 0.201. The molecule has 1 heterocycles. The molecule has 1 N–H and O–H groups in total. The van der Waals surface area contributed by atoms with Gasteiger partial charge in [-0.25, -0.2) is 0 Å². The van der Waals surface area contributed by atoms with Crippen molar-refractivity contribution in [2.75, 3.05) is 18.5 Å². The van der Waals surface area contributed by atoms with Crippen LogP contribution in [0.25, 0.3) is 0 Å². The Labute approximate surface area is 90.1 Å². The molecule has 0 radical (unpaired) electrons. The predicted molar refractivity (Wildman–Crippen MR) is 57.9 cm³/mol. The molecule has 0 unspecified atom stereocenters. The Morgan fingerprint density at radius 3 is 2.47 bits per heavy atom. The predicted octanol–water partition coefficient (Wildman–Crippen LogP) is 1.18. The lowest BCUT2D eigenvalue weighted by atomic mass is 9.97. The number of anilines is 1. The van der Waals surface area contributed by atoms with Gasteiger partial charge in [-0.3, -0.25) is 0 Å². The van der Waals surface area contributed by atoms with Gasteiger partial charge in [0.05, 0.1) is 6.10 Å². The average molecular weight is 213 g/mol. The molecule has 86 valence electrons. The highest BCUT2D eigenvalue weighted by Gasteiger charge is 2.22. The number of likely N-dealkylation sites (N-methyl/N-ethyl adjacent to an activating group) is 1. The van der Waals surface area contributed by atoms with E-state index in [0.29, 0.717) is 18.4 Å². The van der Waals surface area contributed by atoms with E-state index in [2.05, 4.69) is 10.1 Å². The largest absolute Gasteiger partial charge is 0.392 e. The number of aliphatic hydroxyl groups excluding tert-OH is 1. The van der Waals surface area contributed by atoms with Gasteiger partial charge < -0.3 is 14.5 Å². The van der Waals surface area contributed by atoms with Gasteiger partial charge in [0.2, 0.25) is 5.89 Å². The molecular formula is C10H19N3O2. The van der Waals surface area contributed by atoms with Gasteiger partial charge in [0.1, 0.15) is 0 Å². The van der Waals surface area contributed by atoms with Crippen molar-refractivity contribution in [3.63, 3.8) is 0 Å². The molecule has 5 heteroatoms. The molecule has 0 aliphatic carbocycles. The van der Waals surface area contributed by atoms with E-state index < -0.39 is 6.10 Å². The SMILES string of the molecule is C[C@H](O)CN(C)c1noc(C(C)(C)C)n1. The van der Waals surface area contributed by atoms with E-state index in [4.69, 9.17) is 4.52 Å². The van der Waals surface area contributed by atoms with Gasteiger partial charge in [-0.15, -0.1) is 0 Å². The molecule has 1 aromatic heterocycles. The normalized spacial score (nSPS) is 14.0. The van der Waals surface area contributed by atoms with Crippen LogP contribution in [0.15, 0.2) is 4.52 Å². The van der Waals surface area contributed by atoms with E-state index >= 15 is 0 Å². The van der Waals surface area contributed by atoms with E-state index in [-0.39, 0.29) is 5.41 Å². The molecule has 1 atom stereocenters. The fraction of sp³-hybridized carbons (Fsp3) is 0.800. The monoisotopic (exact) mass is 213 g/mol. The number of nitrogens with zero attached hydrogens (tertiary/aromatic N) is 3. The van der Waals surface area contributed by atoms with Crippen LogP contribution in [0.1, 0.15) is 33.6 Å². The van der Waals surface area contributed by atoms with E-state index in [1.54, 1.807) is 11.8 Å². The molecule has 0 aliphatic rings. The first-order chi connectivity index (χ1) is 6.80. The van der Waals surface area contributed by atoms with Crippen molar-refractivity contribution in [1.82, 2.24) is 10.1 Å². The number of aliphatic hydroxyl groups is 1. The molecule has 0 bridgehead atoms. The van der Waals surface area contributed by atoms with Crippen LogP contribution in [0.5, 0.6) is 0 Å². The summed E-state index contributed by atoms with van der Waals surface area (Å²) < 4.78 is 5.15. The van der Waals surface area contributed by atoms with Gasteiger partial charge in [0, 0.05) is 19.0 Å². The summed E-state index contributed by atoms with van der Waals surface area (Å²) in [5, 5.41) is 13.1. The summed E-state index contributed by atoms with van der Waals surface area (Å²) in [6, 6.07) is 0. The lowest BCUT2D eigenvalue weighted by Crippen LogP contribution is -2.27. The quantitative estimate of drug-likeness (QED) is 0.817. The van der Waals surface area contributed by atoms with Crippen molar-refractivity contribution in [3.05, 3.63) is 5.89 Å². The van der Waals surface area contributed by atoms with Gasteiger partial charge in [-0.2, -0.15) is 4.98 Å². The molecule has 0 aromatic carbocycles. The van der Waals surface area contributed by atoms with Gasteiger partial charge >= 0.3 is 0 Å².